The van der Waals surface area contributed by atoms with Gasteiger partial charge in [-0.1, -0.05) is 6.07 Å². The Bertz CT molecular complexity index is 953. The molecule has 0 bridgehead atoms. The molecule has 2 heterocycles. The highest BCUT2D eigenvalue weighted by molar-refractivity contribution is 14.1. The van der Waals surface area contributed by atoms with Gasteiger partial charge in [0, 0.05) is 14.2 Å². The van der Waals surface area contributed by atoms with Crippen LogP contribution in [0.1, 0.15) is 5.56 Å². The number of aryl methyl sites for hydroxylation is 1. The van der Waals surface area contributed by atoms with E-state index in [4.69, 9.17) is 0 Å². The van der Waals surface area contributed by atoms with Crippen LogP contribution in [-0.2, 0) is 9.84 Å². The van der Waals surface area contributed by atoms with Gasteiger partial charge in [0.1, 0.15) is 0 Å². The van der Waals surface area contributed by atoms with Gasteiger partial charge >= 0.3 is 0 Å². The number of H-pyrrole nitrogens is 1. The first-order valence-corrected chi connectivity index (χ1v) is 9.26. The summed E-state index contributed by atoms with van der Waals surface area (Å²) in [6.45, 7) is 1.84. The average Bonchev–Trinajstić information content (AvgIpc) is 2.88. The number of hydrogen-bond donors (Lipinski definition) is 1. The number of nitrogens with zero attached hydrogens (tertiary/aromatic N) is 2. The van der Waals surface area contributed by atoms with E-state index in [1.165, 1.54) is 0 Å². The van der Waals surface area contributed by atoms with Gasteiger partial charge < -0.3 is 4.98 Å². The maximum absolute atomic E-state index is 12.7. The third-order valence-electron chi connectivity index (χ3n) is 2.95. The summed E-state index contributed by atoms with van der Waals surface area (Å²) < 4.78 is 26.8. The first-order chi connectivity index (χ1) is 9.89. The molecule has 5 nitrogen and oxygen atoms in total. The molecule has 1 aromatic carbocycles. The van der Waals surface area contributed by atoms with E-state index in [1.54, 1.807) is 24.4 Å². The Labute approximate surface area is 143 Å². The summed E-state index contributed by atoms with van der Waals surface area (Å²) in [6, 6.07) is 6.96. The number of hydrogen-bond acceptors (Lipinski definition) is 4. The van der Waals surface area contributed by atoms with Crippen molar-refractivity contribution in [2.45, 2.75) is 17.0 Å². The average molecular weight is 478 g/mol. The third-order valence-corrected chi connectivity index (χ3v) is 6.42. The van der Waals surface area contributed by atoms with Crippen molar-refractivity contribution < 1.29 is 8.42 Å². The van der Waals surface area contributed by atoms with Gasteiger partial charge in [0.25, 0.3) is 0 Å². The molecular weight excluding hydrogens is 469 g/mol. The minimum Gasteiger partial charge on any atom is -0.326 e. The fourth-order valence-corrected chi connectivity index (χ4v) is 4.65. The van der Waals surface area contributed by atoms with Crippen molar-refractivity contribution >= 4 is 59.5 Å². The monoisotopic (exact) mass is 477 g/mol. The largest absolute Gasteiger partial charge is 0.326 e. The number of halogens is 2. The van der Waals surface area contributed by atoms with Crippen molar-refractivity contribution in [2.24, 2.45) is 0 Å². The molecule has 3 aromatic rings. The number of sulfone groups is 1. The van der Waals surface area contributed by atoms with Crippen LogP contribution in [0.15, 0.2) is 45.0 Å². The summed E-state index contributed by atoms with van der Waals surface area (Å²) in [5.41, 5.74) is 1.88. The smallest absolute Gasteiger partial charge is 0.241 e. The van der Waals surface area contributed by atoms with Crippen molar-refractivity contribution in [1.82, 2.24) is 15.0 Å². The van der Waals surface area contributed by atoms with Gasteiger partial charge in [0.2, 0.25) is 15.0 Å². The quantitative estimate of drug-likeness (QED) is 0.573. The van der Waals surface area contributed by atoms with E-state index < -0.39 is 9.84 Å². The van der Waals surface area contributed by atoms with Crippen molar-refractivity contribution in [3.8, 4) is 0 Å². The van der Waals surface area contributed by atoms with Crippen LogP contribution in [0.2, 0.25) is 0 Å². The Balaban J connectivity index is 2.25. The van der Waals surface area contributed by atoms with E-state index in [2.05, 4.69) is 53.5 Å². The van der Waals surface area contributed by atoms with E-state index in [0.29, 0.717) is 15.6 Å². The van der Waals surface area contributed by atoms with E-state index >= 15 is 0 Å². The van der Waals surface area contributed by atoms with E-state index in [-0.39, 0.29) is 10.1 Å². The highest BCUT2D eigenvalue weighted by atomic mass is 127. The van der Waals surface area contributed by atoms with Crippen molar-refractivity contribution in [3.63, 3.8) is 0 Å². The minimum atomic E-state index is -3.73. The molecule has 0 saturated heterocycles. The van der Waals surface area contributed by atoms with Gasteiger partial charge in [0.05, 0.1) is 10.4 Å². The summed E-state index contributed by atoms with van der Waals surface area (Å²) >= 11 is 5.39. The molecule has 0 spiro atoms. The number of imidazole rings is 1. The Morgan fingerprint density at radius 1 is 1.29 bits per heavy atom. The SMILES string of the molecule is Cc1ccc(Br)c(S(=O)(=O)c2nc3nccc(I)c3[nH]2)c1. The zero-order valence-electron chi connectivity index (χ0n) is 10.8. The molecule has 0 unspecified atom stereocenters. The molecule has 0 atom stereocenters. The molecule has 108 valence electrons. The number of benzene rings is 1. The van der Waals surface area contributed by atoms with Crippen molar-refractivity contribution in [1.29, 1.82) is 0 Å². The Hall–Kier alpha value is -1.00. The molecule has 0 fully saturated rings. The molecule has 1 N–H and O–H groups in total. The van der Waals surface area contributed by atoms with Crippen molar-refractivity contribution in [3.05, 3.63) is 44.1 Å². The van der Waals surface area contributed by atoms with Crippen LogP contribution in [0.4, 0.5) is 0 Å². The lowest BCUT2D eigenvalue weighted by Crippen LogP contribution is -2.05. The number of fused-ring (bicyclic) bond motifs is 1. The Kier molecular flexibility index (Phi) is 3.78. The summed E-state index contributed by atoms with van der Waals surface area (Å²) in [4.78, 5) is 11.2. The van der Waals surface area contributed by atoms with E-state index in [1.807, 2.05) is 13.0 Å². The predicted octanol–water partition coefficient (Wildman–Crippen LogP) is 3.47. The molecule has 21 heavy (non-hydrogen) atoms. The maximum atomic E-state index is 12.7. The molecule has 0 amide bonds. The fraction of sp³-hybridized carbons (Fsp3) is 0.0769. The van der Waals surface area contributed by atoms with Crippen LogP contribution < -0.4 is 0 Å². The minimum absolute atomic E-state index is 0.0968. The Morgan fingerprint density at radius 2 is 2.05 bits per heavy atom. The second-order valence-electron chi connectivity index (χ2n) is 4.47. The van der Waals surface area contributed by atoms with Crippen LogP contribution in [0.5, 0.6) is 0 Å². The van der Waals surface area contributed by atoms with Crippen LogP contribution in [0.25, 0.3) is 11.2 Å². The topological polar surface area (TPSA) is 75.7 Å². The first kappa shape index (κ1) is 14.9. The molecular formula is C13H9BrIN3O2S. The standard InChI is InChI=1S/C13H9BrIN3O2S/c1-7-2-3-8(14)10(6-7)21(19,20)13-17-11-9(15)4-5-16-12(11)18-13/h2-6H,1H3,(H,16,17,18). The highest BCUT2D eigenvalue weighted by Gasteiger charge is 2.25. The summed E-state index contributed by atoms with van der Waals surface area (Å²) in [6.07, 6.45) is 1.60. The van der Waals surface area contributed by atoms with Crippen LogP contribution in [0.3, 0.4) is 0 Å². The Morgan fingerprint density at radius 3 is 2.76 bits per heavy atom. The molecule has 2 aromatic heterocycles. The molecule has 0 aliphatic carbocycles. The van der Waals surface area contributed by atoms with Gasteiger partial charge in [-0.25, -0.2) is 13.4 Å². The van der Waals surface area contributed by atoms with Crippen LogP contribution in [-0.4, -0.2) is 23.4 Å². The zero-order chi connectivity index (χ0) is 15.2. The lowest BCUT2D eigenvalue weighted by Gasteiger charge is -2.05. The molecule has 3 rings (SSSR count). The van der Waals surface area contributed by atoms with Gasteiger partial charge in [-0.05, 0) is 69.2 Å². The lowest BCUT2D eigenvalue weighted by atomic mass is 10.2. The fourth-order valence-electron chi connectivity index (χ4n) is 1.91. The predicted molar refractivity (Wildman–Crippen MR) is 90.9 cm³/mol. The van der Waals surface area contributed by atoms with Crippen LogP contribution >= 0.6 is 38.5 Å². The third kappa shape index (κ3) is 2.59. The number of nitrogens with one attached hydrogen (secondary N) is 1. The van der Waals surface area contributed by atoms with Gasteiger partial charge in [-0.15, -0.1) is 0 Å². The number of aromatic nitrogens is 3. The van der Waals surface area contributed by atoms with E-state index in [0.717, 1.165) is 9.13 Å². The second-order valence-corrected chi connectivity index (χ2v) is 8.32. The number of pyridine rings is 1. The first-order valence-electron chi connectivity index (χ1n) is 5.91. The van der Waals surface area contributed by atoms with Crippen LogP contribution in [0, 0.1) is 10.5 Å². The van der Waals surface area contributed by atoms with E-state index in [9.17, 15) is 8.42 Å². The second kappa shape index (κ2) is 5.33. The number of rotatable bonds is 2. The maximum Gasteiger partial charge on any atom is 0.241 e. The van der Waals surface area contributed by atoms with Gasteiger partial charge in [-0.2, -0.15) is 4.98 Å². The normalized spacial score (nSPS) is 12.0. The highest BCUT2D eigenvalue weighted by Crippen LogP contribution is 2.29. The lowest BCUT2D eigenvalue weighted by molar-refractivity contribution is 0.588. The molecule has 0 saturated carbocycles. The number of aromatic amines is 1. The van der Waals surface area contributed by atoms with Gasteiger partial charge in [0.15, 0.2) is 5.65 Å². The summed E-state index contributed by atoms with van der Waals surface area (Å²) in [5.74, 6) is 0. The summed E-state index contributed by atoms with van der Waals surface area (Å²) in [5, 5.41) is -0.0968. The molecule has 8 heteroatoms. The summed E-state index contributed by atoms with van der Waals surface area (Å²) in [7, 11) is -3.73. The molecule has 0 aliphatic rings. The molecule has 0 radical (unpaired) electrons. The molecule has 0 aliphatic heterocycles. The van der Waals surface area contributed by atoms with Crippen molar-refractivity contribution in [2.75, 3.05) is 0 Å². The zero-order valence-corrected chi connectivity index (χ0v) is 15.3. The van der Waals surface area contributed by atoms with Gasteiger partial charge in [-0.3, -0.25) is 0 Å².